The molecule has 1 aliphatic heterocycles. The second-order valence-corrected chi connectivity index (χ2v) is 8.84. The number of hydrogen-bond acceptors (Lipinski definition) is 6. The van der Waals surface area contributed by atoms with Crippen molar-refractivity contribution in [1.29, 1.82) is 0 Å². The van der Waals surface area contributed by atoms with Crippen LogP contribution in [0.4, 0.5) is 0 Å². The minimum Gasteiger partial charge on any atom is -0.469 e. The molecule has 1 unspecified atom stereocenters. The van der Waals surface area contributed by atoms with E-state index in [1.54, 1.807) is 12.1 Å². The van der Waals surface area contributed by atoms with Gasteiger partial charge in [0.15, 0.2) is 0 Å². The van der Waals surface area contributed by atoms with Crippen molar-refractivity contribution in [3.8, 4) is 5.69 Å². The molecule has 1 aromatic heterocycles. The number of hydrogen-bond donors (Lipinski definition) is 2. The van der Waals surface area contributed by atoms with E-state index in [2.05, 4.69) is 15.3 Å². The van der Waals surface area contributed by atoms with Crippen molar-refractivity contribution in [3.63, 3.8) is 0 Å². The number of piperidine rings is 1. The van der Waals surface area contributed by atoms with Crippen LogP contribution >= 0.6 is 0 Å². The Kier molecular flexibility index (Phi) is 8.81. The Morgan fingerprint density at radius 2 is 1.94 bits per heavy atom. The van der Waals surface area contributed by atoms with Crippen LogP contribution in [0, 0.1) is 19.8 Å². The van der Waals surface area contributed by atoms with Crippen LogP contribution in [0.2, 0.25) is 0 Å². The highest BCUT2D eigenvalue weighted by atomic mass is 16.5. The average Bonchev–Trinajstić information content (AvgIpc) is 3.13. The molecule has 3 N–H and O–H groups in total. The Morgan fingerprint density at radius 1 is 1.21 bits per heavy atom. The zero-order valence-electron chi connectivity index (χ0n) is 20.3. The minimum atomic E-state index is -0.243. The number of rotatable bonds is 10. The number of carbonyl (C=O) groups excluding carboxylic acids is 3. The number of aromatic nitrogens is 2. The first-order valence-corrected chi connectivity index (χ1v) is 11.8. The Bertz CT molecular complexity index is 1020. The van der Waals surface area contributed by atoms with Crippen molar-refractivity contribution in [2.45, 2.75) is 46.0 Å². The maximum Gasteiger partial charge on any atom is 0.305 e. The molecule has 34 heavy (non-hydrogen) atoms. The molecule has 184 valence electrons. The van der Waals surface area contributed by atoms with Gasteiger partial charge in [-0.25, -0.2) is 4.68 Å². The number of methoxy groups -OCH3 is 1. The molecule has 0 bridgehead atoms. The molecule has 2 aromatic rings. The molecule has 0 saturated carbocycles. The molecule has 1 atom stereocenters. The van der Waals surface area contributed by atoms with E-state index in [9.17, 15) is 14.4 Å². The van der Waals surface area contributed by atoms with Gasteiger partial charge in [-0.05, 0) is 82.4 Å². The first kappa shape index (κ1) is 25.4. The molecule has 1 saturated heterocycles. The quantitative estimate of drug-likeness (QED) is 0.405. The van der Waals surface area contributed by atoms with Gasteiger partial charge in [0, 0.05) is 30.8 Å². The molecule has 1 fully saturated rings. The molecule has 3 rings (SSSR count). The lowest BCUT2D eigenvalue weighted by molar-refractivity contribution is -0.140. The monoisotopic (exact) mass is 469 g/mol. The molecule has 2 heterocycles. The van der Waals surface area contributed by atoms with Gasteiger partial charge >= 0.3 is 5.97 Å². The zero-order chi connectivity index (χ0) is 24.7. The van der Waals surface area contributed by atoms with Crippen molar-refractivity contribution >= 4 is 17.8 Å². The molecular weight excluding hydrogens is 434 g/mol. The van der Waals surface area contributed by atoms with Gasteiger partial charge in [0.05, 0.1) is 24.4 Å². The van der Waals surface area contributed by atoms with Crippen LogP contribution < -0.4 is 11.1 Å². The zero-order valence-corrected chi connectivity index (χ0v) is 20.3. The number of nitrogens with two attached hydrogens (primary N) is 1. The second-order valence-electron chi connectivity index (χ2n) is 8.84. The summed E-state index contributed by atoms with van der Waals surface area (Å²) in [5, 5.41) is 7.58. The van der Waals surface area contributed by atoms with E-state index in [0.29, 0.717) is 31.5 Å². The van der Waals surface area contributed by atoms with Crippen LogP contribution in [0.1, 0.15) is 53.0 Å². The normalized spacial score (nSPS) is 16.3. The highest BCUT2D eigenvalue weighted by Gasteiger charge is 2.23. The lowest BCUT2D eigenvalue weighted by Crippen LogP contribution is -2.42. The van der Waals surface area contributed by atoms with Crippen molar-refractivity contribution in [1.82, 2.24) is 20.0 Å². The highest BCUT2D eigenvalue weighted by molar-refractivity contribution is 5.94. The van der Waals surface area contributed by atoms with E-state index >= 15 is 0 Å². The van der Waals surface area contributed by atoms with Crippen molar-refractivity contribution in [2.75, 3.05) is 33.3 Å². The van der Waals surface area contributed by atoms with E-state index in [-0.39, 0.29) is 23.7 Å². The lowest BCUT2D eigenvalue weighted by Gasteiger charge is -2.31. The summed E-state index contributed by atoms with van der Waals surface area (Å²) in [6.45, 7) is 6.98. The molecule has 9 heteroatoms. The third kappa shape index (κ3) is 6.44. The predicted octanol–water partition coefficient (Wildman–Crippen LogP) is 1.91. The molecule has 2 amide bonds. The number of carbonyl (C=O) groups is 3. The first-order chi connectivity index (χ1) is 16.3. The maximum atomic E-state index is 12.5. The third-order valence-electron chi connectivity index (χ3n) is 6.47. The summed E-state index contributed by atoms with van der Waals surface area (Å²) < 4.78 is 6.57. The summed E-state index contributed by atoms with van der Waals surface area (Å²) in [7, 11) is 1.39. The summed E-state index contributed by atoms with van der Waals surface area (Å²) in [6, 6.07) is 7.32. The van der Waals surface area contributed by atoms with E-state index in [1.165, 1.54) is 7.11 Å². The Morgan fingerprint density at radius 3 is 2.62 bits per heavy atom. The number of nitrogens with zero attached hydrogens (tertiary/aromatic N) is 3. The summed E-state index contributed by atoms with van der Waals surface area (Å²) in [4.78, 5) is 37.7. The average molecular weight is 470 g/mol. The molecule has 1 aromatic carbocycles. The summed E-state index contributed by atoms with van der Waals surface area (Å²) in [5.74, 6) is -0.646. The smallest absolute Gasteiger partial charge is 0.305 e. The van der Waals surface area contributed by atoms with Gasteiger partial charge in [-0.2, -0.15) is 5.10 Å². The number of benzene rings is 1. The molecule has 9 nitrogen and oxygen atoms in total. The van der Waals surface area contributed by atoms with E-state index in [4.69, 9.17) is 10.5 Å². The van der Waals surface area contributed by atoms with Gasteiger partial charge in [-0.1, -0.05) is 0 Å². The predicted molar refractivity (Wildman–Crippen MR) is 129 cm³/mol. The Hall–Kier alpha value is -3.20. The Labute approximate surface area is 200 Å². The number of aryl methyl sites for hydroxylation is 1. The SMILES string of the molecule is COC(=O)CCc1c(C)nn(-c2ccc(C(=O)NCCCN3CCCC(C(N)=O)C3)cc2)c1C. The molecule has 0 spiro atoms. The Balaban J connectivity index is 1.51. The van der Waals surface area contributed by atoms with Crippen molar-refractivity contribution in [3.05, 3.63) is 46.8 Å². The number of ether oxygens (including phenoxy) is 1. The topological polar surface area (TPSA) is 120 Å². The van der Waals surface area contributed by atoms with Crippen LogP contribution in [0.25, 0.3) is 5.69 Å². The maximum absolute atomic E-state index is 12.5. The summed E-state index contributed by atoms with van der Waals surface area (Å²) in [5.41, 5.74) is 9.75. The number of amides is 2. The third-order valence-corrected chi connectivity index (χ3v) is 6.47. The lowest BCUT2D eigenvalue weighted by atomic mass is 9.97. The van der Waals surface area contributed by atoms with Crippen LogP contribution in [-0.4, -0.2) is 65.8 Å². The fraction of sp³-hybridized carbons (Fsp3) is 0.520. The van der Waals surface area contributed by atoms with E-state index in [1.807, 2.05) is 30.7 Å². The van der Waals surface area contributed by atoms with Crippen molar-refractivity contribution < 1.29 is 19.1 Å². The standard InChI is InChI=1S/C25H35N5O4/c1-17-22(11-12-23(31)34-3)18(2)30(28-17)21-9-7-19(8-10-21)25(33)27-13-5-15-29-14-4-6-20(16-29)24(26)32/h7-10,20H,4-6,11-16H2,1-3H3,(H2,26,32)(H,27,33). The van der Waals surface area contributed by atoms with E-state index < -0.39 is 0 Å². The van der Waals surface area contributed by atoms with Gasteiger partial charge in [0.1, 0.15) is 0 Å². The number of esters is 1. The van der Waals surface area contributed by atoms with E-state index in [0.717, 1.165) is 55.0 Å². The number of primary amides is 1. The van der Waals surface area contributed by atoms with Crippen LogP contribution in [0.15, 0.2) is 24.3 Å². The minimum absolute atomic E-state index is 0.0620. The molecule has 0 radical (unpaired) electrons. The number of nitrogens with one attached hydrogen (secondary N) is 1. The van der Waals surface area contributed by atoms with Gasteiger partial charge in [0.2, 0.25) is 5.91 Å². The van der Waals surface area contributed by atoms with Gasteiger partial charge < -0.3 is 20.7 Å². The highest BCUT2D eigenvalue weighted by Crippen LogP contribution is 2.20. The summed E-state index contributed by atoms with van der Waals surface area (Å²) in [6.07, 6.45) is 3.55. The van der Waals surface area contributed by atoms with Crippen molar-refractivity contribution in [2.24, 2.45) is 11.7 Å². The second kappa shape index (κ2) is 11.8. The largest absolute Gasteiger partial charge is 0.469 e. The number of likely N-dealkylation sites (tertiary alicyclic amines) is 1. The van der Waals surface area contributed by atoms with Gasteiger partial charge in [-0.15, -0.1) is 0 Å². The fourth-order valence-electron chi connectivity index (χ4n) is 4.47. The molecule has 1 aliphatic rings. The van der Waals surface area contributed by atoms with Gasteiger partial charge in [-0.3, -0.25) is 14.4 Å². The van der Waals surface area contributed by atoms with Crippen LogP contribution in [0.5, 0.6) is 0 Å². The fourth-order valence-corrected chi connectivity index (χ4v) is 4.47. The van der Waals surface area contributed by atoms with Gasteiger partial charge in [0.25, 0.3) is 5.91 Å². The molecular formula is C25H35N5O4. The summed E-state index contributed by atoms with van der Waals surface area (Å²) >= 11 is 0. The first-order valence-electron chi connectivity index (χ1n) is 11.8. The van der Waals surface area contributed by atoms with Crippen LogP contribution in [-0.2, 0) is 20.7 Å². The molecule has 0 aliphatic carbocycles. The van der Waals surface area contributed by atoms with Crippen LogP contribution in [0.3, 0.4) is 0 Å².